The minimum atomic E-state index is -3.55. The van der Waals surface area contributed by atoms with E-state index in [0.717, 1.165) is 48.9 Å². The minimum absolute atomic E-state index is 0.186. The maximum atomic E-state index is 14.0. The molecule has 1 saturated heterocycles. The van der Waals surface area contributed by atoms with Gasteiger partial charge in [0, 0.05) is 58.4 Å². The Balaban J connectivity index is 1.23. The molecular formula is C25H32FN5O3S2. The third kappa shape index (κ3) is 6.03. The lowest BCUT2D eigenvalue weighted by atomic mass is 10.2. The van der Waals surface area contributed by atoms with E-state index in [2.05, 4.69) is 20.1 Å². The van der Waals surface area contributed by atoms with Gasteiger partial charge >= 0.3 is 0 Å². The smallest absolute Gasteiger partial charge is 0.251 e. The Bertz CT molecular complexity index is 1290. The number of rotatable bonds is 10. The molecule has 0 bridgehead atoms. The van der Waals surface area contributed by atoms with E-state index < -0.39 is 10.0 Å². The molecule has 11 heteroatoms. The van der Waals surface area contributed by atoms with E-state index >= 15 is 0 Å². The quantitative estimate of drug-likeness (QED) is 0.430. The van der Waals surface area contributed by atoms with Gasteiger partial charge in [0.05, 0.1) is 9.60 Å². The molecule has 2 heterocycles. The number of carbonyl (C=O) groups is 1. The summed E-state index contributed by atoms with van der Waals surface area (Å²) >= 11 is 1.50. The molecule has 2 aromatic carbocycles. The summed E-state index contributed by atoms with van der Waals surface area (Å²) in [6.45, 7) is 6.91. The summed E-state index contributed by atoms with van der Waals surface area (Å²) in [5.74, 6) is -0.520. The van der Waals surface area contributed by atoms with Crippen molar-refractivity contribution >= 4 is 42.6 Å². The van der Waals surface area contributed by atoms with Crippen LogP contribution in [0.15, 0.2) is 47.4 Å². The Kier molecular flexibility index (Phi) is 8.55. The second-order valence-corrected chi connectivity index (χ2v) is 11.9. The van der Waals surface area contributed by atoms with Gasteiger partial charge in [0.25, 0.3) is 5.91 Å². The van der Waals surface area contributed by atoms with Crippen LogP contribution in [0.5, 0.6) is 0 Å². The highest BCUT2D eigenvalue weighted by Gasteiger charge is 2.22. The van der Waals surface area contributed by atoms with Gasteiger partial charge < -0.3 is 10.2 Å². The van der Waals surface area contributed by atoms with E-state index in [-0.39, 0.29) is 16.6 Å². The highest BCUT2D eigenvalue weighted by molar-refractivity contribution is 7.89. The number of thiazole rings is 1. The first kappa shape index (κ1) is 26.5. The number of unbranched alkanes of at least 4 members (excludes halogenated alkanes) is 1. The maximum absolute atomic E-state index is 14.0. The van der Waals surface area contributed by atoms with Crippen LogP contribution in [0.25, 0.3) is 10.2 Å². The van der Waals surface area contributed by atoms with Gasteiger partial charge in [0.2, 0.25) is 10.0 Å². The van der Waals surface area contributed by atoms with E-state index in [9.17, 15) is 17.6 Å². The van der Waals surface area contributed by atoms with Crippen molar-refractivity contribution in [1.29, 1.82) is 0 Å². The number of benzene rings is 2. The number of piperazine rings is 1. The van der Waals surface area contributed by atoms with E-state index in [0.29, 0.717) is 30.7 Å². The highest BCUT2D eigenvalue weighted by atomic mass is 32.2. The number of para-hydroxylation sites is 1. The molecule has 0 spiro atoms. The normalized spacial score (nSPS) is 15.1. The molecule has 1 aliphatic heterocycles. The van der Waals surface area contributed by atoms with Crippen LogP contribution in [0.2, 0.25) is 0 Å². The number of nitrogens with one attached hydrogen (secondary N) is 1. The number of hydrogen-bond acceptors (Lipinski definition) is 7. The summed E-state index contributed by atoms with van der Waals surface area (Å²) in [7, 11) is -1.98. The Morgan fingerprint density at radius 2 is 1.86 bits per heavy atom. The van der Waals surface area contributed by atoms with Crippen molar-refractivity contribution in [1.82, 2.24) is 19.5 Å². The Morgan fingerprint density at radius 1 is 1.14 bits per heavy atom. The fraction of sp³-hybridized carbons (Fsp3) is 0.440. The molecule has 0 radical (unpaired) electrons. The predicted octanol–water partition coefficient (Wildman–Crippen LogP) is 3.41. The van der Waals surface area contributed by atoms with Gasteiger partial charge in [-0.1, -0.05) is 30.7 Å². The van der Waals surface area contributed by atoms with Gasteiger partial charge in [-0.25, -0.2) is 22.1 Å². The summed E-state index contributed by atoms with van der Waals surface area (Å²) in [5.41, 5.74) is 0.856. The fourth-order valence-electron chi connectivity index (χ4n) is 4.09. The van der Waals surface area contributed by atoms with Crippen LogP contribution in [-0.2, 0) is 10.0 Å². The van der Waals surface area contributed by atoms with Crippen molar-refractivity contribution < 1.29 is 17.6 Å². The van der Waals surface area contributed by atoms with Crippen LogP contribution in [0.3, 0.4) is 0 Å². The lowest BCUT2D eigenvalue weighted by molar-refractivity contribution is 0.0947. The first-order valence-corrected chi connectivity index (χ1v) is 14.4. The number of carbonyl (C=O) groups excluding carboxylic acids is 1. The molecule has 0 aliphatic carbocycles. The Hall–Kier alpha value is -2.60. The zero-order valence-electron chi connectivity index (χ0n) is 20.6. The molecule has 1 N–H and O–H groups in total. The number of hydrogen-bond donors (Lipinski definition) is 1. The van der Waals surface area contributed by atoms with Crippen molar-refractivity contribution in [3.05, 3.63) is 53.8 Å². The van der Waals surface area contributed by atoms with Crippen LogP contribution in [0.1, 0.15) is 30.1 Å². The van der Waals surface area contributed by atoms with Gasteiger partial charge in [0.15, 0.2) is 5.13 Å². The number of fused-ring (bicyclic) bond motifs is 1. The summed E-state index contributed by atoms with van der Waals surface area (Å²) in [6, 6.07) is 11.1. The van der Waals surface area contributed by atoms with Crippen molar-refractivity contribution in [3.8, 4) is 0 Å². The fourth-order valence-corrected chi connectivity index (χ4v) is 6.33. The average Bonchev–Trinajstić information content (AvgIpc) is 3.33. The minimum Gasteiger partial charge on any atom is -0.351 e. The number of halogens is 1. The number of sulfonamides is 1. The van der Waals surface area contributed by atoms with E-state index in [1.54, 1.807) is 25.2 Å². The Labute approximate surface area is 215 Å². The highest BCUT2D eigenvalue weighted by Crippen LogP contribution is 2.30. The average molecular weight is 534 g/mol. The second kappa shape index (κ2) is 11.6. The lowest BCUT2D eigenvalue weighted by Crippen LogP contribution is -2.48. The molecule has 1 aliphatic rings. The Morgan fingerprint density at radius 3 is 2.53 bits per heavy atom. The van der Waals surface area contributed by atoms with Crippen molar-refractivity contribution in [2.45, 2.75) is 24.7 Å². The summed E-state index contributed by atoms with van der Waals surface area (Å²) in [5, 5.41) is 3.75. The van der Waals surface area contributed by atoms with Gasteiger partial charge in [0.1, 0.15) is 11.3 Å². The number of anilines is 1. The summed E-state index contributed by atoms with van der Waals surface area (Å²) < 4.78 is 41.4. The predicted molar refractivity (Wildman–Crippen MR) is 142 cm³/mol. The topological polar surface area (TPSA) is 85.8 Å². The van der Waals surface area contributed by atoms with Crippen LogP contribution >= 0.6 is 11.3 Å². The molecule has 1 aromatic heterocycles. The van der Waals surface area contributed by atoms with Crippen molar-refractivity contribution in [2.24, 2.45) is 0 Å². The number of amides is 1. The van der Waals surface area contributed by atoms with E-state index in [4.69, 9.17) is 0 Å². The van der Waals surface area contributed by atoms with E-state index in [1.807, 2.05) is 13.0 Å². The monoisotopic (exact) mass is 533 g/mol. The lowest BCUT2D eigenvalue weighted by Gasteiger charge is -2.34. The zero-order chi connectivity index (χ0) is 25.7. The zero-order valence-corrected chi connectivity index (χ0v) is 22.2. The molecule has 194 valence electrons. The van der Waals surface area contributed by atoms with Crippen LogP contribution in [0.4, 0.5) is 9.52 Å². The van der Waals surface area contributed by atoms with Crippen LogP contribution < -0.4 is 10.2 Å². The van der Waals surface area contributed by atoms with Gasteiger partial charge in [-0.3, -0.25) is 9.69 Å². The molecule has 3 aromatic rings. The first-order valence-electron chi connectivity index (χ1n) is 12.2. The van der Waals surface area contributed by atoms with Gasteiger partial charge in [-0.15, -0.1) is 0 Å². The third-order valence-corrected chi connectivity index (χ3v) is 9.32. The molecule has 0 atom stereocenters. The molecule has 36 heavy (non-hydrogen) atoms. The number of nitrogens with zero attached hydrogens (tertiary/aromatic N) is 4. The maximum Gasteiger partial charge on any atom is 0.251 e. The summed E-state index contributed by atoms with van der Waals surface area (Å²) in [6.07, 6.45) is 1.71. The molecule has 0 saturated carbocycles. The molecule has 8 nitrogen and oxygen atoms in total. The molecule has 1 fully saturated rings. The first-order chi connectivity index (χ1) is 17.3. The van der Waals surface area contributed by atoms with Crippen molar-refractivity contribution in [2.75, 3.05) is 57.8 Å². The van der Waals surface area contributed by atoms with Gasteiger partial charge in [-0.05, 0) is 42.8 Å². The van der Waals surface area contributed by atoms with Crippen LogP contribution in [0, 0.1) is 5.82 Å². The molecule has 0 unspecified atom stereocenters. The molecule has 4 rings (SSSR count). The molecular weight excluding hydrogens is 501 g/mol. The SMILES string of the molecule is CCCCN(C)S(=O)(=O)c1ccc(C(=O)NCCN2CCN(c3nc4c(F)cccc4s3)CC2)cc1. The van der Waals surface area contributed by atoms with E-state index in [1.165, 1.54) is 33.8 Å². The molecule has 1 amide bonds. The largest absolute Gasteiger partial charge is 0.351 e. The third-order valence-electron chi connectivity index (χ3n) is 6.37. The van der Waals surface area contributed by atoms with Crippen molar-refractivity contribution in [3.63, 3.8) is 0 Å². The standard InChI is InChI=1S/C25H32FN5O3S2/c1-3-4-13-29(2)36(33,34)20-10-8-19(9-11-20)24(32)27-12-14-30-15-17-31(18-16-30)25-28-23-21(26)6-5-7-22(23)35-25/h5-11H,3-4,12-18H2,1-2H3,(H,27,32). The number of aromatic nitrogens is 1. The second-order valence-electron chi connectivity index (χ2n) is 8.87. The van der Waals surface area contributed by atoms with Gasteiger partial charge in [-0.2, -0.15) is 0 Å². The van der Waals surface area contributed by atoms with Crippen LogP contribution in [-0.4, -0.2) is 81.4 Å². The summed E-state index contributed by atoms with van der Waals surface area (Å²) in [4.78, 5) is 21.6.